The van der Waals surface area contributed by atoms with Crippen molar-refractivity contribution in [3.63, 3.8) is 0 Å². The normalized spacial score (nSPS) is 27.1. The third-order valence-electron chi connectivity index (χ3n) is 3.90. The molecule has 0 spiro atoms. The highest BCUT2D eigenvalue weighted by atomic mass is 16.6. The molecule has 1 heterocycles. The van der Waals surface area contributed by atoms with Crippen LogP contribution in [0.3, 0.4) is 0 Å². The molecule has 1 fully saturated rings. The van der Waals surface area contributed by atoms with Crippen molar-refractivity contribution in [1.82, 2.24) is 5.32 Å². The zero-order valence-electron chi connectivity index (χ0n) is 11.8. The highest BCUT2D eigenvalue weighted by molar-refractivity contribution is 5.77. The molecule has 3 heteroatoms. The Labute approximate surface area is 115 Å². The maximum absolute atomic E-state index is 12.2. The van der Waals surface area contributed by atoms with Gasteiger partial charge in [0.05, 0.1) is 0 Å². The Morgan fingerprint density at radius 1 is 1.32 bits per heavy atom. The Bertz CT molecular complexity index is 418. The van der Waals surface area contributed by atoms with Gasteiger partial charge < -0.3 is 10.1 Å². The van der Waals surface area contributed by atoms with Crippen LogP contribution in [-0.4, -0.2) is 24.2 Å². The van der Waals surface area contributed by atoms with Crippen LogP contribution >= 0.6 is 0 Å². The zero-order chi connectivity index (χ0) is 13.7. The van der Waals surface area contributed by atoms with Crippen LogP contribution in [-0.2, 0) is 16.0 Å². The molecule has 0 amide bonds. The average Bonchev–Trinajstić information content (AvgIpc) is 2.43. The number of nitrogens with one attached hydrogen (secondary N) is 1. The SMILES string of the molecule is CCCC1(CC)CNC(Cc2ccccc2)C(=O)O1. The molecule has 1 aliphatic heterocycles. The molecule has 2 unspecified atom stereocenters. The molecule has 0 aliphatic carbocycles. The molecule has 1 aromatic carbocycles. The number of cyclic esters (lactones) is 1. The Hall–Kier alpha value is -1.35. The van der Waals surface area contributed by atoms with Gasteiger partial charge >= 0.3 is 5.97 Å². The van der Waals surface area contributed by atoms with Gasteiger partial charge in [0.15, 0.2) is 0 Å². The van der Waals surface area contributed by atoms with Crippen molar-refractivity contribution in [3.8, 4) is 0 Å². The summed E-state index contributed by atoms with van der Waals surface area (Å²) in [6.45, 7) is 4.98. The predicted molar refractivity (Wildman–Crippen MR) is 76.0 cm³/mol. The van der Waals surface area contributed by atoms with Crippen LogP contribution in [0, 0.1) is 0 Å². The number of rotatable bonds is 5. The van der Waals surface area contributed by atoms with Gasteiger partial charge in [0.2, 0.25) is 0 Å². The summed E-state index contributed by atoms with van der Waals surface area (Å²) in [5.41, 5.74) is 0.871. The molecule has 2 rings (SSSR count). The molecule has 1 N–H and O–H groups in total. The van der Waals surface area contributed by atoms with E-state index in [1.54, 1.807) is 0 Å². The number of hydrogen-bond acceptors (Lipinski definition) is 3. The highest BCUT2D eigenvalue weighted by Gasteiger charge is 2.39. The molecule has 0 aromatic heterocycles. The van der Waals surface area contributed by atoms with E-state index >= 15 is 0 Å². The molecular weight excluding hydrogens is 238 g/mol. The van der Waals surface area contributed by atoms with E-state index < -0.39 is 0 Å². The standard InChI is InChI=1S/C16H23NO2/c1-3-10-16(4-2)12-17-14(15(18)19-16)11-13-8-6-5-7-9-13/h5-9,14,17H,3-4,10-12H2,1-2H3. The lowest BCUT2D eigenvalue weighted by Crippen LogP contribution is -2.57. The van der Waals surface area contributed by atoms with Gasteiger partial charge in [-0.25, -0.2) is 0 Å². The molecule has 2 atom stereocenters. The summed E-state index contributed by atoms with van der Waals surface area (Å²) >= 11 is 0. The maximum Gasteiger partial charge on any atom is 0.324 e. The summed E-state index contributed by atoms with van der Waals surface area (Å²) in [5, 5.41) is 3.37. The van der Waals surface area contributed by atoms with Crippen LogP contribution in [0.1, 0.15) is 38.7 Å². The van der Waals surface area contributed by atoms with E-state index in [4.69, 9.17) is 4.74 Å². The van der Waals surface area contributed by atoms with Crippen LogP contribution < -0.4 is 5.32 Å². The molecule has 1 aromatic rings. The fraction of sp³-hybridized carbons (Fsp3) is 0.562. The second-order valence-corrected chi connectivity index (χ2v) is 5.33. The second kappa shape index (κ2) is 6.20. The number of ether oxygens (including phenoxy) is 1. The fourth-order valence-electron chi connectivity index (χ4n) is 2.69. The lowest BCUT2D eigenvalue weighted by atomic mass is 9.91. The Kier molecular flexibility index (Phi) is 4.59. The number of esters is 1. The van der Waals surface area contributed by atoms with Gasteiger partial charge in [-0.1, -0.05) is 50.6 Å². The molecular formula is C16H23NO2. The third kappa shape index (κ3) is 3.35. The van der Waals surface area contributed by atoms with Gasteiger partial charge in [-0.05, 0) is 24.8 Å². The molecule has 19 heavy (non-hydrogen) atoms. The summed E-state index contributed by atoms with van der Waals surface area (Å²) < 4.78 is 5.75. The van der Waals surface area contributed by atoms with Crippen LogP contribution in [0.25, 0.3) is 0 Å². The summed E-state index contributed by atoms with van der Waals surface area (Å²) in [5.74, 6) is -0.106. The van der Waals surface area contributed by atoms with Gasteiger partial charge in [-0.15, -0.1) is 0 Å². The average molecular weight is 261 g/mol. The maximum atomic E-state index is 12.2. The molecule has 0 bridgehead atoms. The van der Waals surface area contributed by atoms with E-state index in [0.29, 0.717) is 6.42 Å². The van der Waals surface area contributed by atoms with Crippen molar-refractivity contribution < 1.29 is 9.53 Å². The molecule has 104 valence electrons. The highest BCUT2D eigenvalue weighted by Crippen LogP contribution is 2.26. The van der Waals surface area contributed by atoms with E-state index in [2.05, 4.69) is 19.2 Å². The first-order valence-electron chi connectivity index (χ1n) is 7.19. The molecule has 3 nitrogen and oxygen atoms in total. The predicted octanol–water partition coefficient (Wildman–Crippen LogP) is 2.69. The second-order valence-electron chi connectivity index (χ2n) is 5.33. The minimum atomic E-state index is -0.293. The quantitative estimate of drug-likeness (QED) is 0.828. The number of carbonyl (C=O) groups excluding carboxylic acids is 1. The van der Waals surface area contributed by atoms with E-state index in [1.165, 1.54) is 0 Å². The first kappa shape index (κ1) is 14.1. The Balaban J connectivity index is 1.99. The summed E-state index contributed by atoms with van der Waals surface area (Å²) in [6.07, 6.45) is 3.54. The molecule has 1 saturated heterocycles. The monoisotopic (exact) mass is 261 g/mol. The van der Waals surface area contributed by atoms with Crippen LogP contribution in [0.5, 0.6) is 0 Å². The topological polar surface area (TPSA) is 38.3 Å². The zero-order valence-corrected chi connectivity index (χ0v) is 11.8. The van der Waals surface area contributed by atoms with Crippen LogP contribution in [0.15, 0.2) is 30.3 Å². The lowest BCUT2D eigenvalue weighted by molar-refractivity contribution is -0.171. The van der Waals surface area contributed by atoms with Gasteiger partial charge in [-0.3, -0.25) is 4.79 Å². The third-order valence-corrected chi connectivity index (χ3v) is 3.90. The molecule has 0 saturated carbocycles. The number of morpholine rings is 1. The first-order valence-corrected chi connectivity index (χ1v) is 7.19. The van der Waals surface area contributed by atoms with Gasteiger partial charge in [-0.2, -0.15) is 0 Å². The smallest absolute Gasteiger partial charge is 0.324 e. The van der Waals surface area contributed by atoms with Gasteiger partial charge in [0.25, 0.3) is 0 Å². The van der Waals surface area contributed by atoms with Crippen molar-refractivity contribution >= 4 is 5.97 Å². The number of benzene rings is 1. The Morgan fingerprint density at radius 2 is 2.05 bits per heavy atom. The van der Waals surface area contributed by atoms with E-state index in [0.717, 1.165) is 31.4 Å². The van der Waals surface area contributed by atoms with E-state index in [9.17, 15) is 4.79 Å². The van der Waals surface area contributed by atoms with E-state index in [-0.39, 0.29) is 17.6 Å². The van der Waals surface area contributed by atoms with Crippen LogP contribution in [0.4, 0.5) is 0 Å². The Morgan fingerprint density at radius 3 is 2.63 bits per heavy atom. The fourth-order valence-corrected chi connectivity index (χ4v) is 2.69. The van der Waals surface area contributed by atoms with Gasteiger partial charge in [0.1, 0.15) is 11.6 Å². The van der Waals surface area contributed by atoms with Crippen molar-refractivity contribution in [3.05, 3.63) is 35.9 Å². The molecule has 1 aliphatic rings. The molecule has 0 radical (unpaired) electrons. The van der Waals surface area contributed by atoms with Crippen molar-refractivity contribution in [1.29, 1.82) is 0 Å². The number of hydrogen-bond donors (Lipinski definition) is 1. The first-order chi connectivity index (χ1) is 9.19. The summed E-state index contributed by atoms with van der Waals surface area (Å²) in [4.78, 5) is 12.2. The van der Waals surface area contributed by atoms with Crippen molar-refractivity contribution in [2.45, 2.75) is 51.2 Å². The minimum Gasteiger partial charge on any atom is -0.457 e. The van der Waals surface area contributed by atoms with Crippen molar-refractivity contribution in [2.24, 2.45) is 0 Å². The summed E-state index contributed by atoms with van der Waals surface area (Å²) in [7, 11) is 0. The largest absolute Gasteiger partial charge is 0.457 e. The lowest BCUT2D eigenvalue weighted by Gasteiger charge is -2.39. The number of carbonyl (C=O) groups is 1. The summed E-state index contributed by atoms with van der Waals surface area (Å²) in [6, 6.07) is 9.86. The van der Waals surface area contributed by atoms with Crippen molar-refractivity contribution in [2.75, 3.05) is 6.54 Å². The van der Waals surface area contributed by atoms with Gasteiger partial charge in [0, 0.05) is 6.54 Å². The minimum absolute atomic E-state index is 0.106. The van der Waals surface area contributed by atoms with E-state index in [1.807, 2.05) is 30.3 Å². The van der Waals surface area contributed by atoms with Crippen LogP contribution in [0.2, 0.25) is 0 Å².